The molecule has 8 nitrogen and oxygen atoms in total. The van der Waals surface area contributed by atoms with Crippen LogP contribution in [0.25, 0.3) is 10.2 Å². The number of amides is 2. The first-order chi connectivity index (χ1) is 14.9. The molecule has 4 atom stereocenters. The second-order valence-corrected chi connectivity index (χ2v) is 10.0. The predicted octanol–water partition coefficient (Wildman–Crippen LogP) is 1.95. The van der Waals surface area contributed by atoms with Gasteiger partial charge in [-0.3, -0.25) is 14.4 Å². The van der Waals surface area contributed by atoms with Gasteiger partial charge in [-0.05, 0) is 37.0 Å². The van der Waals surface area contributed by atoms with Gasteiger partial charge in [-0.15, -0.1) is 11.6 Å². The molecule has 10 heteroatoms. The number of nitrogens with one attached hydrogen (secondary N) is 1. The van der Waals surface area contributed by atoms with Crippen LogP contribution in [0.1, 0.15) is 36.0 Å². The highest BCUT2D eigenvalue weighted by atomic mass is 35.5. The van der Waals surface area contributed by atoms with Crippen LogP contribution in [-0.2, 0) is 14.3 Å². The fourth-order valence-corrected chi connectivity index (χ4v) is 6.12. The van der Waals surface area contributed by atoms with E-state index in [1.807, 2.05) is 0 Å². The summed E-state index contributed by atoms with van der Waals surface area (Å²) in [5.41, 5.74) is 6.94. The zero-order chi connectivity index (χ0) is 21.7. The summed E-state index contributed by atoms with van der Waals surface area (Å²) in [5, 5.41) is 2.97. The van der Waals surface area contributed by atoms with Crippen LogP contribution in [0.3, 0.4) is 0 Å². The molecule has 2 saturated heterocycles. The van der Waals surface area contributed by atoms with Gasteiger partial charge in [-0.2, -0.15) is 0 Å². The lowest BCUT2D eigenvalue weighted by Crippen LogP contribution is -2.54. The van der Waals surface area contributed by atoms with E-state index in [4.69, 9.17) is 22.1 Å². The van der Waals surface area contributed by atoms with E-state index >= 15 is 0 Å². The Bertz CT molecular complexity index is 1050. The van der Waals surface area contributed by atoms with Crippen LogP contribution in [0.5, 0.6) is 0 Å². The minimum atomic E-state index is -0.701. The lowest BCUT2D eigenvalue weighted by atomic mass is 9.95. The zero-order valence-electron chi connectivity index (χ0n) is 16.8. The Morgan fingerprint density at radius 3 is 2.87 bits per heavy atom. The number of carbonyl (C=O) groups excluding carboxylic acids is 3. The number of nitrogens with zero attached hydrogens (tertiary/aromatic N) is 2. The molecule has 1 aliphatic carbocycles. The number of nitrogen functional groups attached to an aromatic ring is 1. The topological polar surface area (TPSA) is 115 Å². The normalized spacial score (nSPS) is 27.1. The molecule has 5 rings (SSSR count). The summed E-state index contributed by atoms with van der Waals surface area (Å²) < 4.78 is 6.32. The van der Waals surface area contributed by atoms with Gasteiger partial charge in [0.2, 0.25) is 5.91 Å². The number of anilines is 1. The van der Waals surface area contributed by atoms with Gasteiger partial charge in [-0.25, -0.2) is 4.98 Å². The Labute approximate surface area is 188 Å². The summed E-state index contributed by atoms with van der Waals surface area (Å²) in [5.74, 6) is -0.678. The van der Waals surface area contributed by atoms with Crippen LogP contribution in [0.2, 0.25) is 0 Å². The lowest BCUT2D eigenvalue weighted by Gasteiger charge is -2.30. The third-order valence-electron chi connectivity index (χ3n) is 6.50. The van der Waals surface area contributed by atoms with Gasteiger partial charge in [0, 0.05) is 12.1 Å². The van der Waals surface area contributed by atoms with Crippen molar-refractivity contribution >= 4 is 55.9 Å². The van der Waals surface area contributed by atoms with Crippen molar-refractivity contribution in [1.29, 1.82) is 0 Å². The molecule has 2 amide bonds. The number of hydrogen-bond acceptors (Lipinski definition) is 7. The van der Waals surface area contributed by atoms with Crippen molar-refractivity contribution in [3.8, 4) is 0 Å². The minimum Gasteiger partial charge on any atom is -0.375 e. The molecule has 1 aromatic heterocycles. The first kappa shape index (κ1) is 20.7. The molecule has 1 aromatic carbocycles. The highest BCUT2D eigenvalue weighted by Gasteiger charge is 2.53. The molecule has 0 unspecified atom stereocenters. The summed E-state index contributed by atoms with van der Waals surface area (Å²) in [6.45, 7) is 0.216. The third kappa shape index (κ3) is 3.68. The number of halogens is 1. The highest BCUT2D eigenvalue weighted by molar-refractivity contribution is 7.22. The molecule has 1 saturated carbocycles. The quantitative estimate of drug-likeness (QED) is 0.671. The lowest BCUT2D eigenvalue weighted by molar-refractivity contribution is -0.139. The van der Waals surface area contributed by atoms with E-state index in [0.717, 1.165) is 35.9 Å². The van der Waals surface area contributed by atoms with Crippen LogP contribution in [0.4, 0.5) is 5.13 Å². The Morgan fingerprint density at radius 2 is 2.10 bits per heavy atom. The van der Waals surface area contributed by atoms with E-state index in [1.54, 1.807) is 18.2 Å². The average Bonchev–Trinajstić information content (AvgIpc) is 3.51. The smallest absolute Gasteiger partial charge is 0.251 e. The summed E-state index contributed by atoms with van der Waals surface area (Å²) >= 11 is 7.68. The molecule has 2 aliphatic heterocycles. The number of hydrogen-bond donors (Lipinski definition) is 2. The second-order valence-electron chi connectivity index (χ2n) is 8.42. The number of Topliss-reactive ketones (excluding diaryl/α,β-unsaturated/α-hetero) is 1. The van der Waals surface area contributed by atoms with Crippen LogP contribution in [0, 0.1) is 5.92 Å². The number of thiazole rings is 1. The van der Waals surface area contributed by atoms with E-state index in [9.17, 15) is 14.4 Å². The minimum absolute atomic E-state index is 0.0270. The van der Waals surface area contributed by atoms with E-state index in [0.29, 0.717) is 10.7 Å². The zero-order valence-corrected chi connectivity index (χ0v) is 18.3. The van der Waals surface area contributed by atoms with Crippen molar-refractivity contribution in [3.05, 3.63) is 23.8 Å². The van der Waals surface area contributed by atoms with Crippen LogP contribution in [-0.4, -0.2) is 64.2 Å². The van der Waals surface area contributed by atoms with Crippen molar-refractivity contribution < 1.29 is 19.1 Å². The number of fused-ring (bicyclic) bond motifs is 2. The molecule has 0 spiro atoms. The van der Waals surface area contributed by atoms with Crippen LogP contribution < -0.4 is 11.1 Å². The molecule has 3 fully saturated rings. The first-order valence-corrected chi connectivity index (χ1v) is 11.7. The summed E-state index contributed by atoms with van der Waals surface area (Å²) in [7, 11) is 0. The number of alkyl halides is 1. The van der Waals surface area contributed by atoms with Gasteiger partial charge in [0.05, 0.1) is 15.6 Å². The van der Waals surface area contributed by atoms with Crippen molar-refractivity contribution in [2.24, 2.45) is 5.92 Å². The number of rotatable bonds is 4. The Hall–Kier alpha value is -2.23. The average molecular weight is 463 g/mol. The van der Waals surface area contributed by atoms with Crippen LogP contribution in [0.15, 0.2) is 18.2 Å². The highest BCUT2D eigenvalue weighted by Crippen LogP contribution is 2.34. The second kappa shape index (κ2) is 8.03. The van der Waals surface area contributed by atoms with E-state index < -0.39 is 23.6 Å². The Kier molecular flexibility index (Phi) is 5.35. The molecule has 3 N–H and O–H groups in total. The number of nitrogens with two attached hydrogens (primary N) is 1. The van der Waals surface area contributed by atoms with Crippen molar-refractivity contribution in [2.45, 2.75) is 49.2 Å². The molecule has 3 aliphatic rings. The largest absolute Gasteiger partial charge is 0.375 e. The molecule has 2 aromatic rings. The molecule has 31 heavy (non-hydrogen) atoms. The van der Waals surface area contributed by atoms with Gasteiger partial charge in [0.25, 0.3) is 5.91 Å². The summed E-state index contributed by atoms with van der Waals surface area (Å²) in [6.07, 6.45) is 3.28. The van der Waals surface area contributed by atoms with Gasteiger partial charge in [-0.1, -0.05) is 24.2 Å². The SMILES string of the molecule is Nc1nc2ccc(C(=O)N[C@H](C(=O)N3C[C@H](Cl)[C@H]4OCC(=O)[C@H]43)C3CCCC3)cc2s1. The van der Waals surface area contributed by atoms with Crippen LogP contribution >= 0.6 is 22.9 Å². The number of ether oxygens (including phenoxy) is 1. The Morgan fingerprint density at radius 1 is 1.32 bits per heavy atom. The molecular weight excluding hydrogens is 440 g/mol. The molecule has 3 heterocycles. The maximum atomic E-state index is 13.6. The number of likely N-dealkylation sites (tertiary alicyclic amines) is 1. The van der Waals surface area contributed by atoms with Gasteiger partial charge in [0.15, 0.2) is 10.9 Å². The maximum Gasteiger partial charge on any atom is 0.251 e. The molecular formula is C21H23ClN4O4S. The van der Waals surface area contributed by atoms with Crippen molar-refractivity contribution in [2.75, 3.05) is 18.9 Å². The summed E-state index contributed by atoms with van der Waals surface area (Å²) in [6, 6.07) is 3.81. The van der Waals surface area contributed by atoms with E-state index in [1.165, 1.54) is 16.2 Å². The molecule has 0 bridgehead atoms. The van der Waals surface area contributed by atoms with Crippen molar-refractivity contribution in [3.63, 3.8) is 0 Å². The first-order valence-electron chi connectivity index (χ1n) is 10.5. The number of benzene rings is 1. The number of carbonyl (C=O) groups is 3. The Balaban J connectivity index is 1.40. The predicted molar refractivity (Wildman–Crippen MR) is 117 cm³/mol. The van der Waals surface area contributed by atoms with Crippen molar-refractivity contribution in [1.82, 2.24) is 15.2 Å². The standard InChI is InChI=1S/C21H23ClN4O4S/c22-12-8-26(17-14(27)9-30-18(12)17)20(29)16(10-3-1-2-4-10)25-19(28)11-5-6-13-15(7-11)31-21(23)24-13/h5-7,10,12,16-18H,1-4,8-9H2,(H2,23,24)(H,25,28)/t12-,16-,17+,18+/m0/s1. The molecule has 0 radical (unpaired) electrons. The fraction of sp³-hybridized carbons (Fsp3) is 0.524. The van der Waals surface area contributed by atoms with Gasteiger partial charge in [0.1, 0.15) is 24.8 Å². The maximum absolute atomic E-state index is 13.6. The van der Waals surface area contributed by atoms with Gasteiger partial charge >= 0.3 is 0 Å². The molecule has 164 valence electrons. The number of ketones is 1. The summed E-state index contributed by atoms with van der Waals surface area (Å²) in [4.78, 5) is 44.7. The fourth-order valence-electron chi connectivity index (χ4n) is 4.98. The van der Waals surface area contributed by atoms with E-state index in [-0.39, 0.29) is 36.7 Å². The number of aromatic nitrogens is 1. The van der Waals surface area contributed by atoms with E-state index in [2.05, 4.69) is 10.3 Å². The van der Waals surface area contributed by atoms with Gasteiger partial charge < -0.3 is 20.7 Å². The monoisotopic (exact) mass is 462 g/mol. The third-order valence-corrected chi connectivity index (χ3v) is 7.73.